The first kappa shape index (κ1) is 15.1. The van der Waals surface area contributed by atoms with E-state index in [2.05, 4.69) is 5.10 Å². The van der Waals surface area contributed by atoms with Gasteiger partial charge in [0.05, 0.1) is 18.9 Å². The molecule has 1 N–H and O–H groups in total. The second kappa shape index (κ2) is 6.12. The third-order valence-electron chi connectivity index (χ3n) is 3.95. The molecule has 2 aromatic rings. The summed E-state index contributed by atoms with van der Waals surface area (Å²) in [6.45, 7) is 1.47. The number of ether oxygens (including phenoxy) is 1. The van der Waals surface area contributed by atoms with Crippen molar-refractivity contribution in [2.45, 2.75) is 19.4 Å². The number of rotatable bonds is 3. The van der Waals surface area contributed by atoms with Crippen LogP contribution in [0.15, 0.2) is 53.6 Å². The van der Waals surface area contributed by atoms with Crippen molar-refractivity contribution < 1.29 is 14.6 Å². The summed E-state index contributed by atoms with van der Waals surface area (Å²) < 4.78 is 5.16. The smallest absolute Gasteiger partial charge is 0.240 e. The summed E-state index contributed by atoms with van der Waals surface area (Å²) in [5.41, 5.74) is 2.44. The van der Waals surface area contributed by atoms with Gasteiger partial charge in [0.2, 0.25) is 5.91 Å². The number of para-hydroxylation sites is 1. The summed E-state index contributed by atoms with van der Waals surface area (Å²) in [6, 6.07) is 14.7. The van der Waals surface area contributed by atoms with Crippen LogP contribution in [0.2, 0.25) is 0 Å². The van der Waals surface area contributed by atoms with Gasteiger partial charge in [-0.2, -0.15) is 5.10 Å². The van der Waals surface area contributed by atoms with Crippen LogP contribution in [0.1, 0.15) is 30.5 Å². The fourth-order valence-electron chi connectivity index (χ4n) is 2.82. The Morgan fingerprint density at radius 3 is 2.61 bits per heavy atom. The lowest BCUT2D eigenvalue weighted by Crippen LogP contribution is -2.24. The third-order valence-corrected chi connectivity index (χ3v) is 3.95. The molecule has 0 aromatic heterocycles. The van der Waals surface area contributed by atoms with Crippen LogP contribution in [0.5, 0.6) is 11.5 Å². The van der Waals surface area contributed by atoms with E-state index in [1.807, 2.05) is 30.3 Å². The molecule has 5 heteroatoms. The Kier molecular flexibility index (Phi) is 4.02. The van der Waals surface area contributed by atoms with Gasteiger partial charge in [0.25, 0.3) is 0 Å². The van der Waals surface area contributed by atoms with Crippen LogP contribution >= 0.6 is 0 Å². The van der Waals surface area contributed by atoms with Gasteiger partial charge in [-0.25, -0.2) is 5.01 Å². The van der Waals surface area contributed by atoms with Crippen LogP contribution in [-0.4, -0.2) is 28.8 Å². The van der Waals surface area contributed by atoms with E-state index in [0.29, 0.717) is 17.7 Å². The predicted molar refractivity (Wildman–Crippen MR) is 87.5 cm³/mol. The first-order valence-corrected chi connectivity index (χ1v) is 7.40. The number of hydrazone groups is 1. The summed E-state index contributed by atoms with van der Waals surface area (Å²) in [5, 5.41) is 16.3. The number of hydrogen-bond acceptors (Lipinski definition) is 4. The maximum absolute atomic E-state index is 12.0. The number of phenols is 1. The van der Waals surface area contributed by atoms with Crippen LogP contribution < -0.4 is 4.74 Å². The lowest BCUT2D eigenvalue weighted by Gasteiger charge is -2.22. The molecule has 0 fully saturated rings. The first-order valence-electron chi connectivity index (χ1n) is 7.40. The van der Waals surface area contributed by atoms with E-state index >= 15 is 0 Å². The Labute approximate surface area is 134 Å². The van der Waals surface area contributed by atoms with Crippen molar-refractivity contribution in [3.8, 4) is 11.5 Å². The summed E-state index contributed by atoms with van der Waals surface area (Å²) in [7, 11) is 1.50. The number of nitrogens with zero attached hydrogens (tertiary/aromatic N) is 2. The van der Waals surface area contributed by atoms with Crippen molar-refractivity contribution in [2.75, 3.05) is 7.11 Å². The van der Waals surface area contributed by atoms with Crippen LogP contribution in [-0.2, 0) is 4.79 Å². The Morgan fingerprint density at radius 2 is 1.96 bits per heavy atom. The highest BCUT2D eigenvalue weighted by atomic mass is 16.5. The quantitative estimate of drug-likeness (QED) is 0.947. The zero-order valence-corrected chi connectivity index (χ0v) is 13.1. The fraction of sp³-hybridized carbons (Fsp3) is 0.222. The number of benzene rings is 2. The summed E-state index contributed by atoms with van der Waals surface area (Å²) in [6.07, 6.45) is 0.546. The second-order valence-corrected chi connectivity index (χ2v) is 5.39. The maximum atomic E-state index is 12.0. The second-order valence-electron chi connectivity index (χ2n) is 5.39. The molecule has 0 unspecified atom stereocenters. The number of methoxy groups -OCH3 is 1. The van der Waals surface area contributed by atoms with Crippen molar-refractivity contribution in [2.24, 2.45) is 5.10 Å². The van der Waals surface area contributed by atoms with Gasteiger partial charge in [-0.15, -0.1) is 0 Å². The minimum absolute atomic E-state index is 0.0516. The molecule has 2 aromatic carbocycles. The normalized spacial score (nSPS) is 17.0. The van der Waals surface area contributed by atoms with Crippen LogP contribution in [0.25, 0.3) is 0 Å². The molecule has 5 nitrogen and oxygen atoms in total. The van der Waals surface area contributed by atoms with Crippen molar-refractivity contribution in [1.29, 1.82) is 0 Å². The molecule has 1 aliphatic heterocycles. The van der Waals surface area contributed by atoms with E-state index in [-0.39, 0.29) is 17.7 Å². The molecule has 1 amide bonds. The van der Waals surface area contributed by atoms with E-state index in [4.69, 9.17) is 4.74 Å². The first-order chi connectivity index (χ1) is 11.1. The molecule has 0 bridgehead atoms. The van der Waals surface area contributed by atoms with E-state index in [9.17, 15) is 9.90 Å². The van der Waals surface area contributed by atoms with Gasteiger partial charge in [-0.3, -0.25) is 4.79 Å². The van der Waals surface area contributed by atoms with Crippen molar-refractivity contribution in [3.63, 3.8) is 0 Å². The molecule has 0 radical (unpaired) electrons. The van der Waals surface area contributed by atoms with Crippen LogP contribution in [0.4, 0.5) is 0 Å². The third kappa shape index (κ3) is 2.77. The number of hydrogen-bond donors (Lipinski definition) is 1. The van der Waals surface area contributed by atoms with Crippen LogP contribution in [0.3, 0.4) is 0 Å². The SMILES string of the molecule is COc1cccc([C@@H]2CC(c3ccccc3)=NN2C(C)=O)c1O. The highest BCUT2D eigenvalue weighted by molar-refractivity contribution is 6.03. The molecule has 23 heavy (non-hydrogen) atoms. The lowest BCUT2D eigenvalue weighted by atomic mass is 9.97. The average Bonchev–Trinajstić information content (AvgIpc) is 3.01. The minimum atomic E-state index is -0.335. The largest absolute Gasteiger partial charge is 0.504 e. The predicted octanol–water partition coefficient (Wildman–Crippen LogP) is 3.10. The molecule has 3 rings (SSSR count). The van der Waals surface area contributed by atoms with Gasteiger partial charge >= 0.3 is 0 Å². The highest BCUT2D eigenvalue weighted by Crippen LogP contribution is 2.40. The van der Waals surface area contributed by atoms with Crippen LogP contribution in [0, 0.1) is 0 Å². The summed E-state index contributed by atoms with van der Waals surface area (Å²) in [4.78, 5) is 12.0. The maximum Gasteiger partial charge on any atom is 0.240 e. The molecule has 0 spiro atoms. The van der Waals surface area contributed by atoms with Gasteiger partial charge in [0, 0.05) is 18.9 Å². The van der Waals surface area contributed by atoms with Crippen molar-refractivity contribution in [1.82, 2.24) is 5.01 Å². The standard InChI is InChI=1S/C18H18N2O3/c1-12(21)20-16(14-9-6-10-17(23-2)18(14)22)11-15(19-20)13-7-4-3-5-8-13/h3-10,16,22H,11H2,1-2H3/t16-/m0/s1. The molecular formula is C18H18N2O3. The van der Waals surface area contributed by atoms with E-state index < -0.39 is 0 Å². The Hall–Kier alpha value is -2.82. The molecule has 0 aliphatic carbocycles. The minimum Gasteiger partial charge on any atom is -0.504 e. The average molecular weight is 310 g/mol. The van der Waals surface area contributed by atoms with E-state index in [1.165, 1.54) is 19.0 Å². The van der Waals surface area contributed by atoms with Gasteiger partial charge in [-0.1, -0.05) is 42.5 Å². The summed E-state index contributed by atoms with van der Waals surface area (Å²) >= 11 is 0. The number of carbonyl (C=O) groups is 1. The zero-order chi connectivity index (χ0) is 16.4. The van der Waals surface area contributed by atoms with Gasteiger partial charge in [0.15, 0.2) is 11.5 Å². The number of aromatic hydroxyl groups is 1. The van der Waals surface area contributed by atoms with Gasteiger partial charge in [0.1, 0.15) is 0 Å². The zero-order valence-electron chi connectivity index (χ0n) is 13.1. The number of phenolic OH excluding ortho intramolecular Hbond substituents is 1. The topological polar surface area (TPSA) is 62.1 Å². The number of amides is 1. The monoisotopic (exact) mass is 310 g/mol. The van der Waals surface area contributed by atoms with E-state index in [1.54, 1.807) is 18.2 Å². The lowest BCUT2D eigenvalue weighted by molar-refractivity contribution is -0.130. The molecule has 1 heterocycles. The Morgan fingerprint density at radius 1 is 1.22 bits per heavy atom. The van der Waals surface area contributed by atoms with Crippen molar-refractivity contribution >= 4 is 11.6 Å². The molecule has 1 atom stereocenters. The molecule has 118 valence electrons. The molecule has 0 saturated heterocycles. The summed E-state index contributed by atoms with van der Waals surface area (Å²) in [5.74, 6) is 0.276. The Balaban J connectivity index is 1.99. The Bertz CT molecular complexity index is 756. The fourth-order valence-corrected chi connectivity index (χ4v) is 2.82. The molecule has 1 aliphatic rings. The number of carbonyl (C=O) groups excluding carboxylic acids is 1. The van der Waals surface area contributed by atoms with E-state index in [0.717, 1.165) is 11.3 Å². The van der Waals surface area contributed by atoms with Gasteiger partial charge < -0.3 is 9.84 Å². The van der Waals surface area contributed by atoms with Gasteiger partial charge in [-0.05, 0) is 11.6 Å². The molecule has 0 saturated carbocycles. The molecular weight excluding hydrogens is 292 g/mol. The highest BCUT2D eigenvalue weighted by Gasteiger charge is 2.33. The van der Waals surface area contributed by atoms with Crippen molar-refractivity contribution in [3.05, 3.63) is 59.7 Å².